The maximum absolute atomic E-state index is 13.8. The standard InChI is InChI=1S/C29H32ClN3O2/c30-25-13-11-22(12-14-25)19-31-15-17-32(18-16-31)26-20-33(21-27(26)34)29(35)28(23-7-3-1-4-8-23)24-9-5-2-6-10-24/h1-14,26-28,34H,15-21H2/t26-,27-/m1/s1. The SMILES string of the molecule is O=C(C(c1ccccc1)c1ccccc1)N1C[C@@H](O)[C@H](N2CCN(Cc3ccc(Cl)cc3)CC2)C1. The second-order valence-electron chi connectivity index (χ2n) is 9.57. The molecule has 2 saturated heterocycles. The largest absolute Gasteiger partial charge is 0.390 e. The highest BCUT2D eigenvalue weighted by molar-refractivity contribution is 6.30. The van der Waals surface area contributed by atoms with Gasteiger partial charge in [-0.05, 0) is 28.8 Å². The van der Waals surface area contributed by atoms with Crippen LogP contribution in [0.1, 0.15) is 22.6 Å². The number of β-amino-alcohol motifs (C(OH)–C–C–N with tert-alkyl or cyclic N) is 1. The van der Waals surface area contributed by atoms with Gasteiger partial charge >= 0.3 is 0 Å². The van der Waals surface area contributed by atoms with E-state index in [0.29, 0.717) is 13.1 Å². The molecule has 0 saturated carbocycles. The summed E-state index contributed by atoms with van der Waals surface area (Å²) in [7, 11) is 0. The van der Waals surface area contributed by atoms with Crippen LogP contribution in [0, 0.1) is 0 Å². The first kappa shape index (κ1) is 24.0. The quantitative estimate of drug-likeness (QED) is 0.571. The predicted molar refractivity (Wildman–Crippen MR) is 139 cm³/mol. The summed E-state index contributed by atoms with van der Waals surface area (Å²) in [5, 5.41) is 11.7. The maximum Gasteiger partial charge on any atom is 0.234 e. The van der Waals surface area contributed by atoms with Gasteiger partial charge in [0, 0.05) is 50.8 Å². The Morgan fingerprint density at radius 1 is 0.829 bits per heavy atom. The minimum Gasteiger partial charge on any atom is -0.390 e. The van der Waals surface area contributed by atoms with Crippen LogP contribution in [0.5, 0.6) is 0 Å². The molecular formula is C29H32ClN3O2. The zero-order valence-electron chi connectivity index (χ0n) is 19.8. The van der Waals surface area contributed by atoms with Crippen molar-refractivity contribution in [2.45, 2.75) is 24.6 Å². The fourth-order valence-electron chi connectivity index (χ4n) is 5.36. The van der Waals surface area contributed by atoms with Gasteiger partial charge in [0.25, 0.3) is 0 Å². The van der Waals surface area contributed by atoms with Crippen LogP contribution >= 0.6 is 11.6 Å². The molecule has 0 aliphatic carbocycles. The Morgan fingerprint density at radius 2 is 1.40 bits per heavy atom. The van der Waals surface area contributed by atoms with E-state index < -0.39 is 6.10 Å². The molecular weight excluding hydrogens is 458 g/mol. The van der Waals surface area contributed by atoms with E-state index in [2.05, 4.69) is 21.9 Å². The lowest BCUT2D eigenvalue weighted by Crippen LogP contribution is -2.53. The van der Waals surface area contributed by atoms with E-state index in [4.69, 9.17) is 11.6 Å². The number of rotatable bonds is 6. The van der Waals surface area contributed by atoms with Crippen molar-refractivity contribution in [3.63, 3.8) is 0 Å². The molecule has 0 unspecified atom stereocenters. The predicted octanol–water partition coefficient (Wildman–Crippen LogP) is 3.86. The highest BCUT2D eigenvalue weighted by Crippen LogP contribution is 2.29. The molecule has 35 heavy (non-hydrogen) atoms. The van der Waals surface area contributed by atoms with Crippen LogP contribution in [-0.4, -0.2) is 77.1 Å². The lowest BCUT2D eigenvalue weighted by atomic mass is 9.90. The van der Waals surface area contributed by atoms with Gasteiger partial charge in [-0.1, -0.05) is 84.4 Å². The van der Waals surface area contributed by atoms with Crippen molar-refractivity contribution in [2.24, 2.45) is 0 Å². The number of carbonyl (C=O) groups excluding carboxylic acids is 1. The van der Waals surface area contributed by atoms with E-state index in [9.17, 15) is 9.90 Å². The smallest absolute Gasteiger partial charge is 0.234 e. The second kappa shape index (κ2) is 10.9. The molecule has 1 N–H and O–H groups in total. The zero-order chi connectivity index (χ0) is 24.2. The summed E-state index contributed by atoms with van der Waals surface area (Å²) in [5.74, 6) is -0.301. The van der Waals surface area contributed by atoms with Crippen molar-refractivity contribution in [1.29, 1.82) is 0 Å². The molecule has 6 heteroatoms. The summed E-state index contributed by atoms with van der Waals surface area (Å²) in [4.78, 5) is 20.4. The number of hydrogen-bond donors (Lipinski definition) is 1. The van der Waals surface area contributed by atoms with Crippen LogP contribution in [0.2, 0.25) is 5.02 Å². The van der Waals surface area contributed by atoms with Crippen LogP contribution in [-0.2, 0) is 11.3 Å². The van der Waals surface area contributed by atoms with E-state index >= 15 is 0 Å². The van der Waals surface area contributed by atoms with Crippen molar-refractivity contribution < 1.29 is 9.90 Å². The summed E-state index contributed by atoms with van der Waals surface area (Å²) < 4.78 is 0. The van der Waals surface area contributed by atoms with Gasteiger partial charge in [-0.15, -0.1) is 0 Å². The monoisotopic (exact) mass is 489 g/mol. The number of halogens is 1. The van der Waals surface area contributed by atoms with Crippen molar-refractivity contribution in [3.05, 3.63) is 107 Å². The van der Waals surface area contributed by atoms with Crippen LogP contribution in [0.15, 0.2) is 84.9 Å². The number of benzene rings is 3. The summed E-state index contributed by atoms with van der Waals surface area (Å²) >= 11 is 6.01. The maximum atomic E-state index is 13.8. The molecule has 5 rings (SSSR count). The molecule has 0 spiro atoms. The Balaban J connectivity index is 1.23. The van der Waals surface area contributed by atoms with Crippen molar-refractivity contribution in [3.8, 4) is 0 Å². The van der Waals surface area contributed by atoms with E-state index in [0.717, 1.165) is 48.9 Å². The molecule has 2 fully saturated rings. The average molecular weight is 490 g/mol. The van der Waals surface area contributed by atoms with E-state index in [1.165, 1.54) is 5.56 Å². The lowest BCUT2D eigenvalue weighted by Gasteiger charge is -2.38. The number of amides is 1. The molecule has 1 amide bonds. The normalized spacial score (nSPS) is 21.5. The number of hydrogen-bond acceptors (Lipinski definition) is 4. The summed E-state index contributed by atoms with van der Waals surface area (Å²) in [6.07, 6.45) is -0.533. The Bertz CT molecular complexity index is 1060. The molecule has 3 aromatic rings. The molecule has 182 valence electrons. The first-order valence-electron chi connectivity index (χ1n) is 12.4. The number of aliphatic hydroxyl groups excluding tert-OH is 1. The summed E-state index contributed by atoms with van der Waals surface area (Å²) in [6.45, 7) is 5.50. The van der Waals surface area contributed by atoms with Gasteiger partial charge in [-0.25, -0.2) is 0 Å². The minimum absolute atomic E-state index is 0.0242. The third kappa shape index (κ3) is 5.60. The van der Waals surface area contributed by atoms with Crippen LogP contribution < -0.4 is 0 Å². The van der Waals surface area contributed by atoms with Crippen LogP contribution in [0.3, 0.4) is 0 Å². The molecule has 2 atom stereocenters. The Hall–Kier alpha value is -2.70. The zero-order valence-corrected chi connectivity index (χ0v) is 20.6. The van der Waals surface area contributed by atoms with Crippen LogP contribution in [0.25, 0.3) is 0 Å². The van der Waals surface area contributed by atoms with Gasteiger partial charge in [0.2, 0.25) is 5.91 Å². The molecule has 0 bridgehead atoms. The Kier molecular flexibility index (Phi) is 7.49. The van der Waals surface area contributed by atoms with Gasteiger partial charge in [-0.3, -0.25) is 14.6 Å². The fraction of sp³-hybridized carbons (Fsp3) is 0.345. The van der Waals surface area contributed by atoms with Gasteiger partial charge in [0.05, 0.1) is 18.1 Å². The van der Waals surface area contributed by atoms with E-state index in [1.54, 1.807) is 0 Å². The molecule has 2 aliphatic rings. The van der Waals surface area contributed by atoms with E-state index in [-0.39, 0.29) is 17.9 Å². The second-order valence-corrected chi connectivity index (χ2v) is 10.0. The number of nitrogens with zero attached hydrogens (tertiary/aromatic N) is 3. The minimum atomic E-state index is -0.533. The number of piperazine rings is 1. The summed E-state index contributed by atoms with van der Waals surface area (Å²) in [6, 6.07) is 27.9. The average Bonchev–Trinajstić information content (AvgIpc) is 3.29. The van der Waals surface area contributed by atoms with E-state index in [1.807, 2.05) is 77.7 Å². The molecule has 2 aliphatic heterocycles. The molecule has 3 aromatic carbocycles. The Morgan fingerprint density at radius 3 is 1.97 bits per heavy atom. The van der Waals surface area contributed by atoms with Crippen molar-refractivity contribution >= 4 is 17.5 Å². The first-order chi connectivity index (χ1) is 17.1. The number of likely N-dealkylation sites (tertiary alicyclic amines) is 1. The van der Waals surface area contributed by atoms with Crippen molar-refractivity contribution in [2.75, 3.05) is 39.3 Å². The molecule has 5 nitrogen and oxygen atoms in total. The van der Waals surface area contributed by atoms with Crippen molar-refractivity contribution in [1.82, 2.24) is 14.7 Å². The number of aliphatic hydroxyl groups is 1. The highest BCUT2D eigenvalue weighted by atomic mass is 35.5. The third-order valence-corrected chi connectivity index (χ3v) is 7.53. The molecule has 2 heterocycles. The Labute approximate surface area is 212 Å². The summed E-state index contributed by atoms with van der Waals surface area (Å²) in [5.41, 5.74) is 3.23. The van der Waals surface area contributed by atoms with Gasteiger partial charge < -0.3 is 10.0 Å². The first-order valence-corrected chi connectivity index (χ1v) is 12.7. The molecule has 0 radical (unpaired) electrons. The third-order valence-electron chi connectivity index (χ3n) is 7.28. The molecule has 0 aromatic heterocycles. The van der Waals surface area contributed by atoms with Gasteiger partial charge in [-0.2, -0.15) is 0 Å². The fourth-order valence-corrected chi connectivity index (χ4v) is 5.49. The van der Waals surface area contributed by atoms with Gasteiger partial charge in [0.15, 0.2) is 0 Å². The van der Waals surface area contributed by atoms with Gasteiger partial charge in [0.1, 0.15) is 0 Å². The topological polar surface area (TPSA) is 47.0 Å². The van der Waals surface area contributed by atoms with Crippen LogP contribution in [0.4, 0.5) is 0 Å². The highest BCUT2D eigenvalue weighted by Gasteiger charge is 2.40. The number of carbonyl (C=O) groups is 1. The lowest BCUT2D eigenvalue weighted by molar-refractivity contribution is -0.131.